The van der Waals surface area contributed by atoms with Crippen molar-refractivity contribution < 1.29 is 19.1 Å². The van der Waals surface area contributed by atoms with Crippen LogP contribution in [-0.4, -0.2) is 64.2 Å². The van der Waals surface area contributed by atoms with E-state index >= 15 is 0 Å². The average molecular weight is 434 g/mol. The zero-order valence-electron chi connectivity index (χ0n) is 17.3. The van der Waals surface area contributed by atoms with Crippen LogP contribution in [0.1, 0.15) is 49.9 Å². The Kier molecular flexibility index (Phi) is 5.86. The molecule has 0 unspecified atom stereocenters. The molecule has 3 heterocycles. The lowest BCUT2D eigenvalue weighted by Crippen LogP contribution is -2.55. The molecule has 1 aromatic rings. The summed E-state index contributed by atoms with van der Waals surface area (Å²) in [4.78, 5) is 44.4. The fourth-order valence-electron chi connectivity index (χ4n) is 4.87. The summed E-state index contributed by atoms with van der Waals surface area (Å²) < 4.78 is 5.52. The van der Waals surface area contributed by atoms with Crippen molar-refractivity contribution in [2.45, 2.75) is 63.1 Å². The van der Waals surface area contributed by atoms with E-state index in [1.807, 2.05) is 0 Å². The Labute approximate surface area is 181 Å². The standard InChI is InChI=1S/C22H28ClN3O4/c1-22(2)7-3-13(4-8-22)17(25-20(28)14-5-9-24-10-6-14)21(29)26-11-15(23)19-18(26)16(27)12-30-19/h5-6,9-10,13,15,17-19H,3-4,7-8,11-12H2,1-2H3,(H,25,28)/t15-,17-,18+,19+/m0/s1. The van der Waals surface area contributed by atoms with Crippen LogP contribution >= 0.6 is 11.6 Å². The van der Waals surface area contributed by atoms with Gasteiger partial charge in [0.05, 0.1) is 5.38 Å². The molecule has 4 rings (SSSR count). The molecule has 162 valence electrons. The van der Waals surface area contributed by atoms with E-state index in [0.29, 0.717) is 5.56 Å². The van der Waals surface area contributed by atoms with Crippen LogP contribution in [0.15, 0.2) is 24.5 Å². The smallest absolute Gasteiger partial charge is 0.252 e. The number of carbonyl (C=O) groups is 3. The molecule has 1 aliphatic carbocycles. The van der Waals surface area contributed by atoms with E-state index < -0.39 is 23.6 Å². The molecule has 3 fully saturated rings. The Morgan fingerprint density at radius 2 is 1.93 bits per heavy atom. The first-order valence-corrected chi connectivity index (χ1v) is 11.0. The topological polar surface area (TPSA) is 88.6 Å². The van der Waals surface area contributed by atoms with Crippen LogP contribution in [0, 0.1) is 11.3 Å². The van der Waals surface area contributed by atoms with E-state index in [1.54, 1.807) is 24.5 Å². The number of nitrogens with one attached hydrogen (secondary N) is 1. The number of fused-ring (bicyclic) bond motifs is 1. The van der Waals surface area contributed by atoms with E-state index in [-0.39, 0.29) is 42.1 Å². The number of nitrogens with zero attached hydrogens (tertiary/aromatic N) is 2. The van der Waals surface area contributed by atoms with Crippen molar-refractivity contribution in [3.05, 3.63) is 30.1 Å². The molecule has 4 atom stereocenters. The van der Waals surface area contributed by atoms with Gasteiger partial charge in [-0.3, -0.25) is 19.4 Å². The Hall–Kier alpha value is -1.99. The summed E-state index contributed by atoms with van der Waals surface area (Å²) in [6, 6.07) is 1.89. The first-order chi connectivity index (χ1) is 14.3. The number of rotatable bonds is 4. The number of hydrogen-bond acceptors (Lipinski definition) is 5. The first-order valence-electron chi connectivity index (χ1n) is 10.6. The van der Waals surface area contributed by atoms with Crippen LogP contribution in [0.25, 0.3) is 0 Å². The largest absolute Gasteiger partial charge is 0.366 e. The number of alkyl halides is 1. The zero-order valence-corrected chi connectivity index (χ0v) is 18.1. The van der Waals surface area contributed by atoms with Gasteiger partial charge in [0.2, 0.25) is 5.91 Å². The van der Waals surface area contributed by atoms with E-state index in [4.69, 9.17) is 16.3 Å². The molecule has 2 amide bonds. The third-order valence-electron chi connectivity index (χ3n) is 6.76. The first kappa shape index (κ1) is 21.2. The second-order valence-electron chi connectivity index (χ2n) is 9.38. The van der Waals surface area contributed by atoms with Crippen LogP contribution in [0.5, 0.6) is 0 Å². The lowest BCUT2D eigenvalue weighted by molar-refractivity contribution is -0.139. The Morgan fingerprint density at radius 3 is 2.60 bits per heavy atom. The number of pyridine rings is 1. The summed E-state index contributed by atoms with van der Waals surface area (Å²) in [6.07, 6.45) is 6.29. The Balaban J connectivity index is 1.57. The molecule has 2 saturated heterocycles. The van der Waals surface area contributed by atoms with Crippen molar-refractivity contribution in [1.29, 1.82) is 0 Å². The number of carbonyl (C=O) groups excluding carboxylic acids is 3. The van der Waals surface area contributed by atoms with E-state index in [0.717, 1.165) is 25.7 Å². The van der Waals surface area contributed by atoms with Crippen molar-refractivity contribution in [1.82, 2.24) is 15.2 Å². The maximum absolute atomic E-state index is 13.6. The molecular formula is C22H28ClN3O4. The molecule has 0 bridgehead atoms. The third-order valence-corrected chi connectivity index (χ3v) is 7.14. The van der Waals surface area contributed by atoms with Crippen LogP contribution < -0.4 is 5.32 Å². The number of ketones is 1. The van der Waals surface area contributed by atoms with Crippen LogP contribution in [0.4, 0.5) is 0 Å². The van der Waals surface area contributed by atoms with Crippen molar-refractivity contribution in [2.75, 3.05) is 13.2 Å². The molecular weight excluding hydrogens is 406 g/mol. The molecule has 30 heavy (non-hydrogen) atoms. The summed E-state index contributed by atoms with van der Waals surface area (Å²) in [6.45, 7) is 4.69. The van der Waals surface area contributed by atoms with Gasteiger partial charge in [-0.1, -0.05) is 13.8 Å². The summed E-state index contributed by atoms with van der Waals surface area (Å²) >= 11 is 6.38. The summed E-state index contributed by atoms with van der Waals surface area (Å²) in [5.41, 5.74) is 0.683. The monoisotopic (exact) mass is 433 g/mol. The highest BCUT2D eigenvalue weighted by Crippen LogP contribution is 2.40. The van der Waals surface area contributed by atoms with Gasteiger partial charge in [0.15, 0.2) is 5.78 Å². The number of halogens is 1. The number of likely N-dealkylation sites (tertiary alicyclic amines) is 1. The quantitative estimate of drug-likeness (QED) is 0.735. The highest BCUT2D eigenvalue weighted by molar-refractivity contribution is 6.22. The summed E-state index contributed by atoms with van der Waals surface area (Å²) in [5, 5.41) is 2.54. The molecule has 3 aliphatic rings. The Morgan fingerprint density at radius 1 is 1.27 bits per heavy atom. The molecule has 1 N–H and O–H groups in total. The molecule has 2 aliphatic heterocycles. The van der Waals surface area contributed by atoms with Crippen LogP contribution in [0.2, 0.25) is 0 Å². The minimum atomic E-state index is -0.696. The second-order valence-corrected chi connectivity index (χ2v) is 9.94. The van der Waals surface area contributed by atoms with Crippen LogP contribution in [-0.2, 0) is 14.3 Å². The normalized spacial score (nSPS) is 29.5. The minimum absolute atomic E-state index is 0.0153. The molecule has 1 aromatic heterocycles. The SMILES string of the molecule is CC1(C)CCC([C@H](NC(=O)c2ccncc2)C(=O)N2C[C@H](Cl)[C@H]3OCC(=O)[C@H]32)CC1. The molecule has 0 radical (unpaired) electrons. The molecule has 0 aromatic carbocycles. The van der Waals surface area contributed by atoms with Gasteiger partial charge in [0.1, 0.15) is 24.8 Å². The van der Waals surface area contributed by atoms with Crippen molar-refractivity contribution in [3.63, 3.8) is 0 Å². The van der Waals surface area contributed by atoms with Crippen molar-refractivity contribution in [3.8, 4) is 0 Å². The van der Waals surface area contributed by atoms with Gasteiger partial charge in [-0.2, -0.15) is 0 Å². The van der Waals surface area contributed by atoms with Crippen molar-refractivity contribution in [2.24, 2.45) is 11.3 Å². The van der Waals surface area contributed by atoms with Gasteiger partial charge >= 0.3 is 0 Å². The maximum atomic E-state index is 13.6. The van der Waals surface area contributed by atoms with Gasteiger partial charge in [0.25, 0.3) is 5.91 Å². The predicted octanol–water partition coefficient (Wildman–Crippen LogP) is 2.18. The highest BCUT2D eigenvalue weighted by atomic mass is 35.5. The number of amides is 2. The van der Waals surface area contributed by atoms with Gasteiger partial charge in [-0.15, -0.1) is 11.6 Å². The predicted molar refractivity (Wildman–Crippen MR) is 111 cm³/mol. The number of ether oxygens (including phenoxy) is 1. The fourth-order valence-corrected chi connectivity index (χ4v) is 5.23. The number of aromatic nitrogens is 1. The lowest BCUT2D eigenvalue weighted by Gasteiger charge is -2.39. The van der Waals surface area contributed by atoms with E-state index in [2.05, 4.69) is 24.1 Å². The van der Waals surface area contributed by atoms with Gasteiger partial charge in [-0.05, 0) is 49.1 Å². The van der Waals surface area contributed by atoms with E-state index in [1.165, 1.54) is 4.90 Å². The lowest BCUT2D eigenvalue weighted by atomic mass is 9.71. The van der Waals surface area contributed by atoms with Crippen molar-refractivity contribution >= 4 is 29.2 Å². The van der Waals surface area contributed by atoms with Gasteiger partial charge < -0.3 is 15.0 Å². The number of hydrogen-bond donors (Lipinski definition) is 1. The average Bonchev–Trinajstić information content (AvgIpc) is 3.27. The van der Waals surface area contributed by atoms with Gasteiger partial charge in [0, 0.05) is 24.5 Å². The van der Waals surface area contributed by atoms with Crippen LogP contribution in [0.3, 0.4) is 0 Å². The molecule has 8 heteroatoms. The highest BCUT2D eigenvalue weighted by Gasteiger charge is 2.53. The fraction of sp³-hybridized carbons (Fsp3) is 0.636. The Bertz CT molecular complexity index is 821. The second kappa shape index (κ2) is 8.27. The molecule has 1 saturated carbocycles. The van der Waals surface area contributed by atoms with Gasteiger partial charge in [-0.25, -0.2) is 0 Å². The molecule has 7 nitrogen and oxygen atoms in total. The molecule has 0 spiro atoms. The summed E-state index contributed by atoms with van der Waals surface area (Å²) in [5.74, 6) is -0.658. The minimum Gasteiger partial charge on any atom is -0.366 e. The summed E-state index contributed by atoms with van der Waals surface area (Å²) in [7, 11) is 0. The number of Topliss-reactive ketones (excluding diaryl/α,β-unsaturated/α-hetero) is 1. The maximum Gasteiger partial charge on any atom is 0.252 e. The van der Waals surface area contributed by atoms with E-state index in [9.17, 15) is 14.4 Å². The zero-order chi connectivity index (χ0) is 21.5. The third kappa shape index (κ3) is 4.10.